The van der Waals surface area contributed by atoms with Gasteiger partial charge < -0.3 is 15.2 Å². The SMILES string of the molecule is COc1ccc(CC(N)C2CCOC2C)cc1Br. The number of hydrogen-bond donors (Lipinski definition) is 1. The molecule has 1 aromatic rings. The molecule has 0 aliphatic carbocycles. The van der Waals surface area contributed by atoms with Crippen LogP contribution in [0.4, 0.5) is 0 Å². The van der Waals surface area contributed by atoms with Crippen LogP contribution in [0.2, 0.25) is 0 Å². The van der Waals surface area contributed by atoms with Gasteiger partial charge >= 0.3 is 0 Å². The molecule has 0 amide bonds. The molecule has 1 aliphatic heterocycles. The lowest BCUT2D eigenvalue weighted by atomic mass is 9.89. The molecule has 2 rings (SSSR count). The maximum atomic E-state index is 6.30. The van der Waals surface area contributed by atoms with E-state index >= 15 is 0 Å². The molecule has 1 aromatic carbocycles. The third-order valence-electron chi connectivity index (χ3n) is 3.67. The smallest absolute Gasteiger partial charge is 0.133 e. The average molecular weight is 314 g/mol. The largest absolute Gasteiger partial charge is 0.496 e. The standard InChI is InChI=1S/C14H20BrNO2/c1-9-11(5-6-18-9)13(16)8-10-3-4-14(17-2)12(15)7-10/h3-4,7,9,11,13H,5-6,8,16H2,1-2H3. The summed E-state index contributed by atoms with van der Waals surface area (Å²) in [6.07, 6.45) is 2.22. The number of ether oxygens (including phenoxy) is 2. The van der Waals surface area contributed by atoms with E-state index in [0.717, 1.165) is 29.7 Å². The van der Waals surface area contributed by atoms with Crippen molar-refractivity contribution in [3.63, 3.8) is 0 Å². The average Bonchev–Trinajstić information content (AvgIpc) is 2.76. The molecule has 1 saturated heterocycles. The quantitative estimate of drug-likeness (QED) is 0.929. The number of nitrogens with two attached hydrogens (primary N) is 1. The van der Waals surface area contributed by atoms with Crippen molar-refractivity contribution in [3.8, 4) is 5.75 Å². The number of methoxy groups -OCH3 is 1. The van der Waals surface area contributed by atoms with Crippen LogP contribution in [0.15, 0.2) is 22.7 Å². The minimum absolute atomic E-state index is 0.155. The molecular weight excluding hydrogens is 294 g/mol. The zero-order valence-corrected chi connectivity index (χ0v) is 12.4. The summed E-state index contributed by atoms with van der Waals surface area (Å²) in [5.41, 5.74) is 7.53. The molecule has 0 radical (unpaired) electrons. The first kappa shape index (κ1) is 13.8. The lowest BCUT2D eigenvalue weighted by molar-refractivity contribution is 0.0995. The van der Waals surface area contributed by atoms with Gasteiger partial charge in [0.2, 0.25) is 0 Å². The highest BCUT2D eigenvalue weighted by molar-refractivity contribution is 9.10. The first-order valence-corrected chi connectivity index (χ1v) is 7.10. The summed E-state index contributed by atoms with van der Waals surface area (Å²) in [6, 6.07) is 6.28. The van der Waals surface area contributed by atoms with Gasteiger partial charge in [0.05, 0.1) is 17.7 Å². The Morgan fingerprint density at radius 2 is 2.33 bits per heavy atom. The van der Waals surface area contributed by atoms with Crippen molar-refractivity contribution in [2.75, 3.05) is 13.7 Å². The van der Waals surface area contributed by atoms with Gasteiger partial charge in [-0.15, -0.1) is 0 Å². The fraction of sp³-hybridized carbons (Fsp3) is 0.571. The fourth-order valence-corrected chi connectivity index (χ4v) is 3.16. The molecule has 2 N–H and O–H groups in total. The van der Waals surface area contributed by atoms with Crippen molar-refractivity contribution >= 4 is 15.9 Å². The second-order valence-electron chi connectivity index (χ2n) is 4.87. The molecule has 1 heterocycles. The normalized spacial score (nSPS) is 25.1. The van der Waals surface area contributed by atoms with Crippen molar-refractivity contribution in [2.45, 2.75) is 31.9 Å². The van der Waals surface area contributed by atoms with Crippen molar-refractivity contribution in [3.05, 3.63) is 28.2 Å². The number of hydrogen-bond acceptors (Lipinski definition) is 3. The summed E-state index contributed by atoms with van der Waals surface area (Å²) < 4.78 is 11.8. The first-order chi connectivity index (χ1) is 8.61. The van der Waals surface area contributed by atoms with Gasteiger partial charge in [-0.1, -0.05) is 6.07 Å². The van der Waals surface area contributed by atoms with Crippen LogP contribution in [0.5, 0.6) is 5.75 Å². The topological polar surface area (TPSA) is 44.5 Å². The zero-order chi connectivity index (χ0) is 13.1. The van der Waals surface area contributed by atoms with Gasteiger partial charge in [0.25, 0.3) is 0 Å². The summed E-state index contributed by atoms with van der Waals surface area (Å²) in [6.45, 7) is 2.95. The van der Waals surface area contributed by atoms with Gasteiger partial charge in [0.15, 0.2) is 0 Å². The Bertz CT molecular complexity index is 411. The third kappa shape index (κ3) is 3.05. The second-order valence-corrected chi connectivity index (χ2v) is 5.72. The van der Waals surface area contributed by atoms with E-state index in [1.807, 2.05) is 6.07 Å². The Morgan fingerprint density at radius 3 is 2.89 bits per heavy atom. The van der Waals surface area contributed by atoms with E-state index < -0.39 is 0 Å². The predicted octanol–water partition coefficient (Wildman–Crippen LogP) is 2.75. The summed E-state index contributed by atoms with van der Waals surface area (Å²) in [5, 5.41) is 0. The van der Waals surface area contributed by atoms with E-state index in [1.165, 1.54) is 5.56 Å². The van der Waals surface area contributed by atoms with Gasteiger partial charge in [0.1, 0.15) is 5.75 Å². The molecule has 3 atom stereocenters. The highest BCUT2D eigenvalue weighted by Gasteiger charge is 2.29. The minimum Gasteiger partial charge on any atom is -0.496 e. The second kappa shape index (κ2) is 6.04. The number of rotatable bonds is 4. The van der Waals surface area contributed by atoms with Crippen LogP contribution in [0.1, 0.15) is 18.9 Å². The summed E-state index contributed by atoms with van der Waals surface area (Å²) >= 11 is 3.50. The molecule has 4 heteroatoms. The van der Waals surface area contributed by atoms with Crippen molar-refractivity contribution < 1.29 is 9.47 Å². The van der Waals surface area contributed by atoms with Crippen molar-refractivity contribution in [2.24, 2.45) is 11.7 Å². The van der Waals surface area contributed by atoms with Crippen LogP contribution in [0.25, 0.3) is 0 Å². The summed E-state index contributed by atoms with van der Waals surface area (Å²) in [5.74, 6) is 1.32. The molecular formula is C14H20BrNO2. The molecule has 1 fully saturated rings. The van der Waals surface area contributed by atoms with E-state index in [4.69, 9.17) is 15.2 Å². The highest BCUT2D eigenvalue weighted by Crippen LogP contribution is 2.28. The van der Waals surface area contributed by atoms with Gasteiger partial charge in [-0.3, -0.25) is 0 Å². The monoisotopic (exact) mass is 313 g/mol. The van der Waals surface area contributed by atoms with E-state index in [2.05, 4.69) is 35.0 Å². The summed E-state index contributed by atoms with van der Waals surface area (Å²) in [7, 11) is 1.67. The molecule has 100 valence electrons. The summed E-state index contributed by atoms with van der Waals surface area (Å²) in [4.78, 5) is 0. The van der Waals surface area contributed by atoms with Gasteiger partial charge in [-0.25, -0.2) is 0 Å². The molecule has 0 spiro atoms. The maximum Gasteiger partial charge on any atom is 0.133 e. The van der Waals surface area contributed by atoms with Gasteiger partial charge in [-0.2, -0.15) is 0 Å². The molecule has 0 saturated carbocycles. The van der Waals surface area contributed by atoms with Crippen LogP contribution in [0.3, 0.4) is 0 Å². The van der Waals surface area contributed by atoms with Gasteiger partial charge in [-0.05, 0) is 53.4 Å². The van der Waals surface area contributed by atoms with E-state index in [9.17, 15) is 0 Å². The van der Waals surface area contributed by atoms with Crippen molar-refractivity contribution in [1.29, 1.82) is 0 Å². The zero-order valence-electron chi connectivity index (χ0n) is 10.9. The van der Waals surface area contributed by atoms with E-state index in [1.54, 1.807) is 7.11 Å². The highest BCUT2D eigenvalue weighted by atomic mass is 79.9. The Labute approximate surface area is 117 Å². The Hall–Kier alpha value is -0.580. The molecule has 1 aliphatic rings. The Balaban J connectivity index is 2.02. The molecule has 18 heavy (non-hydrogen) atoms. The van der Waals surface area contributed by atoms with Crippen molar-refractivity contribution in [1.82, 2.24) is 0 Å². The molecule has 0 bridgehead atoms. The van der Waals surface area contributed by atoms with Crippen LogP contribution >= 0.6 is 15.9 Å². The van der Waals surface area contributed by atoms with Crippen LogP contribution in [-0.4, -0.2) is 25.9 Å². The molecule has 3 unspecified atom stereocenters. The third-order valence-corrected chi connectivity index (χ3v) is 4.29. The lowest BCUT2D eigenvalue weighted by Gasteiger charge is -2.22. The van der Waals surface area contributed by atoms with Crippen LogP contribution in [0, 0.1) is 5.92 Å². The Morgan fingerprint density at radius 1 is 1.56 bits per heavy atom. The molecule has 0 aromatic heterocycles. The Kier molecular flexibility index (Phi) is 4.65. The first-order valence-electron chi connectivity index (χ1n) is 6.31. The van der Waals surface area contributed by atoms with E-state index in [0.29, 0.717) is 5.92 Å². The van der Waals surface area contributed by atoms with Gasteiger partial charge in [0, 0.05) is 18.6 Å². The maximum absolute atomic E-state index is 6.30. The van der Waals surface area contributed by atoms with Crippen LogP contribution in [-0.2, 0) is 11.2 Å². The predicted molar refractivity (Wildman–Crippen MR) is 75.9 cm³/mol. The number of halogens is 1. The molecule has 3 nitrogen and oxygen atoms in total. The van der Waals surface area contributed by atoms with Crippen LogP contribution < -0.4 is 10.5 Å². The number of benzene rings is 1. The van der Waals surface area contributed by atoms with E-state index in [-0.39, 0.29) is 12.1 Å². The minimum atomic E-state index is 0.155. The lowest BCUT2D eigenvalue weighted by Crippen LogP contribution is -2.36. The fourth-order valence-electron chi connectivity index (χ4n) is 2.57.